The molecule has 0 bridgehead atoms. The molecule has 1 heterocycles. The van der Waals surface area contributed by atoms with Crippen molar-refractivity contribution >= 4 is 57.3 Å². The SMILES string of the molecule is CCOC(=O)c1c(NC(=O)C(Cl)Cl)sc(C(=O)N(CC)CC)c1C. The summed E-state index contributed by atoms with van der Waals surface area (Å²) >= 11 is 12.1. The van der Waals surface area contributed by atoms with E-state index in [1.54, 1.807) is 18.7 Å². The predicted molar refractivity (Wildman–Crippen MR) is 96.4 cm³/mol. The minimum Gasteiger partial charge on any atom is -0.462 e. The van der Waals surface area contributed by atoms with Gasteiger partial charge in [0.2, 0.25) is 0 Å². The van der Waals surface area contributed by atoms with Gasteiger partial charge in [0.05, 0.1) is 17.0 Å². The third-order valence-corrected chi connectivity index (χ3v) is 4.90. The number of carbonyl (C=O) groups is 3. The summed E-state index contributed by atoms with van der Waals surface area (Å²) in [5.41, 5.74) is 0.617. The fourth-order valence-electron chi connectivity index (χ4n) is 2.08. The second kappa shape index (κ2) is 9.25. The Labute approximate surface area is 155 Å². The molecule has 1 rings (SSSR count). The molecule has 24 heavy (non-hydrogen) atoms. The van der Waals surface area contributed by atoms with Crippen LogP contribution in [0.15, 0.2) is 0 Å². The van der Waals surface area contributed by atoms with Gasteiger partial charge in [0.25, 0.3) is 11.8 Å². The van der Waals surface area contributed by atoms with Crippen molar-refractivity contribution in [3.05, 3.63) is 16.0 Å². The first-order chi connectivity index (χ1) is 11.3. The van der Waals surface area contributed by atoms with Crippen LogP contribution in [-0.4, -0.2) is 47.2 Å². The third-order valence-electron chi connectivity index (χ3n) is 3.31. The van der Waals surface area contributed by atoms with Crippen molar-refractivity contribution in [1.82, 2.24) is 4.90 Å². The van der Waals surface area contributed by atoms with E-state index in [0.717, 1.165) is 11.3 Å². The molecule has 0 aliphatic heterocycles. The Morgan fingerprint density at radius 1 is 1.21 bits per heavy atom. The molecule has 0 spiro atoms. The van der Waals surface area contributed by atoms with E-state index < -0.39 is 16.7 Å². The van der Waals surface area contributed by atoms with Crippen molar-refractivity contribution in [3.8, 4) is 0 Å². The molecular formula is C15H20Cl2N2O4S. The Morgan fingerprint density at radius 3 is 2.25 bits per heavy atom. The van der Waals surface area contributed by atoms with Gasteiger partial charge in [0.15, 0.2) is 4.84 Å². The molecule has 0 saturated carbocycles. The van der Waals surface area contributed by atoms with E-state index in [2.05, 4.69) is 5.32 Å². The van der Waals surface area contributed by atoms with Gasteiger partial charge in [0, 0.05) is 13.1 Å². The minimum atomic E-state index is -1.29. The highest BCUT2D eigenvalue weighted by Gasteiger charge is 2.28. The lowest BCUT2D eigenvalue weighted by Gasteiger charge is -2.18. The number of hydrogen-bond acceptors (Lipinski definition) is 5. The lowest BCUT2D eigenvalue weighted by molar-refractivity contribution is -0.114. The molecule has 9 heteroatoms. The van der Waals surface area contributed by atoms with E-state index in [9.17, 15) is 14.4 Å². The van der Waals surface area contributed by atoms with Crippen LogP contribution < -0.4 is 5.32 Å². The molecule has 0 saturated heterocycles. The summed E-state index contributed by atoms with van der Waals surface area (Å²) in [6, 6.07) is 0. The molecule has 0 aromatic carbocycles. The Balaban J connectivity index is 3.35. The molecule has 6 nitrogen and oxygen atoms in total. The second-order valence-electron chi connectivity index (χ2n) is 4.75. The first-order valence-corrected chi connectivity index (χ1v) is 9.16. The maximum atomic E-state index is 12.6. The number of nitrogens with one attached hydrogen (secondary N) is 1. The highest BCUT2D eigenvalue weighted by molar-refractivity contribution is 7.18. The molecule has 1 N–H and O–H groups in total. The summed E-state index contributed by atoms with van der Waals surface area (Å²) in [4.78, 5) is 37.3. The fraction of sp³-hybridized carbons (Fsp3) is 0.533. The van der Waals surface area contributed by atoms with E-state index >= 15 is 0 Å². The molecule has 1 aromatic rings. The van der Waals surface area contributed by atoms with Crippen LogP contribution in [0.25, 0.3) is 0 Å². The molecule has 1 aromatic heterocycles. The number of hydrogen-bond donors (Lipinski definition) is 1. The van der Waals surface area contributed by atoms with Crippen LogP contribution in [0, 0.1) is 6.92 Å². The van der Waals surface area contributed by atoms with E-state index in [-0.39, 0.29) is 23.1 Å². The number of anilines is 1. The third kappa shape index (κ3) is 4.62. The molecule has 0 aliphatic rings. The van der Waals surface area contributed by atoms with E-state index in [1.807, 2.05) is 13.8 Å². The van der Waals surface area contributed by atoms with Gasteiger partial charge >= 0.3 is 5.97 Å². The van der Waals surface area contributed by atoms with Crippen LogP contribution >= 0.6 is 34.5 Å². The van der Waals surface area contributed by atoms with Gasteiger partial charge < -0.3 is 15.0 Å². The van der Waals surface area contributed by atoms with E-state index in [0.29, 0.717) is 23.5 Å². The zero-order valence-electron chi connectivity index (χ0n) is 13.9. The maximum Gasteiger partial charge on any atom is 0.341 e. The number of amides is 2. The Kier molecular flexibility index (Phi) is 7.99. The van der Waals surface area contributed by atoms with Gasteiger partial charge in [-0.3, -0.25) is 9.59 Å². The summed E-state index contributed by atoms with van der Waals surface area (Å²) in [5, 5.41) is 2.69. The maximum absolute atomic E-state index is 12.6. The summed E-state index contributed by atoms with van der Waals surface area (Å²) in [6.07, 6.45) is 0. The van der Waals surface area contributed by atoms with Gasteiger partial charge in [-0.1, -0.05) is 23.2 Å². The smallest absolute Gasteiger partial charge is 0.341 e. The monoisotopic (exact) mass is 394 g/mol. The van der Waals surface area contributed by atoms with E-state index in [4.69, 9.17) is 27.9 Å². The lowest BCUT2D eigenvalue weighted by atomic mass is 10.1. The summed E-state index contributed by atoms with van der Waals surface area (Å²) in [5.74, 6) is -1.49. The van der Waals surface area contributed by atoms with Crippen molar-refractivity contribution in [2.45, 2.75) is 32.5 Å². The first-order valence-electron chi connectivity index (χ1n) is 7.47. The number of ether oxygens (including phenoxy) is 1. The van der Waals surface area contributed by atoms with Gasteiger partial charge in [-0.15, -0.1) is 11.3 Å². The number of alkyl halides is 2. The minimum absolute atomic E-state index is 0.152. The summed E-state index contributed by atoms with van der Waals surface area (Å²) in [7, 11) is 0. The quantitative estimate of drug-likeness (QED) is 0.567. The van der Waals surface area contributed by atoms with Crippen LogP contribution in [0.4, 0.5) is 5.00 Å². The molecule has 0 fully saturated rings. The number of carbonyl (C=O) groups excluding carboxylic acids is 3. The number of halogens is 2. The normalized spacial score (nSPS) is 10.6. The Morgan fingerprint density at radius 2 is 1.79 bits per heavy atom. The largest absolute Gasteiger partial charge is 0.462 e. The van der Waals surface area contributed by atoms with Crippen LogP contribution in [0.3, 0.4) is 0 Å². The van der Waals surface area contributed by atoms with E-state index in [1.165, 1.54) is 0 Å². The zero-order chi connectivity index (χ0) is 18.4. The van der Waals surface area contributed by atoms with Crippen molar-refractivity contribution in [3.63, 3.8) is 0 Å². The summed E-state index contributed by atoms with van der Waals surface area (Å²) in [6.45, 7) is 8.30. The highest BCUT2D eigenvalue weighted by Crippen LogP contribution is 2.35. The van der Waals surface area contributed by atoms with Crippen molar-refractivity contribution in [1.29, 1.82) is 0 Å². The van der Waals surface area contributed by atoms with Crippen LogP contribution in [0.5, 0.6) is 0 Å². The standard InChI is InChI=1S/C15H20Cl2N2O4S/c1-5-19(6-2)14(21)10-8(4)9(15(22)23-7-3)13(24-10)18-12(20)11(16)17/h11H,5-7H2,1-4H3,(H,18,20). The highest BCUT2D eigenvalue weighted by atomic mass is 35.5. The average molecular weight is 395 g/mol. The van der Waals surface area contributed by atoms with Gasteiger partial charge in [-0.2, -0.15) is 0 Å². The van der Waals surface area contributed by atoms with Crippen LogP contribution in [0.2, 0.25) is 0 Å². The number of thiophene rings is 1. The number of esters is 1. The van der Waals surface area contributed by atoms with Crippen LogP contribution in [-0.2, 0) is 9.53 Å². The molecule has 0 aliphatic carbocycles. The Hall–Kier alpha value is -1.31. The fourth-order valence-corrected chi connectivity index (χ4v) is 3.35. The number of rotatable bonds is 7. The molecule has 2 amide bonds. The van der Waals surface area contributed by atoms with Gasteiger partial charge in [-0.05, 0) is 33.3 Å². The predicted octanol–water partition coefficient (Wildman–Crippen LogP) is 3.46. The Bertz CT molecular complexity index is 627. The zero-order valence-corrected chi connectivity index (χ0v) is 16.3. The molecule has 0 unspecified atom stereocenters. The van der Waals surface area contributed by atoms with Gasteiger partial charge in [0.1, 0.15) is 5.00 Å². The topological polar surface area (TPSA) is 75.7 Å². The van der Waals surface area contributed by atoms with Crippen molar-refractivity contribution < 1.29 is 19.1 Å². The lowest BCUT2D eigenvalue weighted by Crippen LogP contribution is -2.30. The van der Waals surface area contributed by atoms with Crippen molar-refractivity contribution in [2.75, 3.05) is 25.0 Å². The second-order valence-corrected chi connectivity index (χ2v) is 6.87. The molecular weight excluding hydrogens is 375 g/mol. The van der Waals surface area contributed by atoms with Gasteiger partial charge in [-0.25, -0.2) is 4.79 Å². The molecule has 0 radical (unpaired) electrons. The van der Waals surface area contributed by atoms with Crippen molar-refractivity contribution in [2.24, 2.45) is 0 Å². The summed E-state index contributed by atoms with van der Waals surface area (Å²) < 4.78 is 5.02. The molecule has 0 atom stereocenters. The molecule has 134 valence electrons. The first kappa shape index (κ1) is 20.7. The van der Waals surface area contributed by atoms with Crippen LogP contribution in [0.1, 0.15) is 46.4 Å². The number of nitrogens with zero attached hydrogens (tertiary/aromatic N) is 1. The average Bonchev–Trinajstić information content (AvgIpc) is 2.84.